The molecule has 0 aliphatic carbocycles. The molecule has 5 nitrogen and oxygen atoms in total. The second-order valence-corrected chi connectivity index (χ2v) is 6.95. The molecule has 0 atom stereocenters. The molecule has 0 saturated heterocycles. The van der Waals surface area contributed by atoms with Crippen LogP contribution in [0.15, 0.2) is 58.0 Å². The summed E-state index contributed by atoms with van der Waals surface area (Å²) in [5, 5.41) is 4.81. The van der Waals surface area contributed by atoms with Gasteiger partial charge in [0.15, 0.2) is 6.61 Å². The predicted octanol–water partition coefficient (Wildman–Crippen LogP) is 5.40. The molecule has 1 heterocycles. The number of amides is 1. The molecule has 3 rings (SSSR count). The monoisotopic (exact) mass is 416 g/mol. The van der Waals surface area contributed by atoms with E-state index in [9.17, 15) is 4.79 Å². The van der Waals surface area contributed by atoms with Crippen LogP contribution < -0.4 is 10.2 Å². The van der Waals surface area contributed by atoms with Gasteiger partial charge in [0, 0.05) is 5.56 Å². The summed E-state index contributed by atoms with van der Waals surface area (Å²) < 4.78 is 11.3. The van der Waals surface area contributed by atoms with Crippen LogP contribution in [0.1, 0.15) is 16.9 Å². The van der Waals surface area contributed by atoms with Gasteiger partial charge in [-0.25, -0.2) is 5.43 Å². The zero-order valence-electron chi connectivity index (χ0n) is 15.3. The Balaban J connectivity index is 1.55. The number of hydrogen-bond acceptors (Lipinski definition) is 4. The van der Waals surface area contributed by atoms with E-state index in [4.69, 9.17) is 32.4 Å². The molecule has 1 aromatic heterocycles. The minimum Gasteiger partial charge on any atom is -0.483 e. The molecule has 144 valence electrons. The number of nitrogens with one attached hydrogen (secondary N) is 1. The van der Waals surface area contributed by atoms with Crippen LogP contribution in [0.3, 0.4) is 0 Å². The maximum atomic E-state index is 11.9. The highest BCUT2D eigenvalue weighted by molar-refractivity contribution is 6.42. The molecule has 0 bridgehead atoms. The highest BCUT2D eigenvalue weighted by Gasteiger charge is 2.08. The minimum atomic E-state index is -0.366. The fraction of sp³-hybridized carbons (Fsp3) is 0.143. The van der Waals surface area contributed by atoms with Gasteiger partial charge in [0.2, 0.25) is 0 Å². The summed E-state index contributed by atoms with van der Waals surface area (Å²) in [6, 6.07) is 14.6. The molecule has 0 saturated carbocycles. The lowest BCUT2D eigenvalue weighted by Gasteiger charge is -2.10. The van der Waals surface area contributed by atoms with Crippen molar-refractivity contribution in [1.82, 2.24) is 5.43 Å². The van der Waals surface area contributed by atoms with Gasteiger partial charge in [0.1, 0.15) is 17.3 Å². The Morgan fingerprint density at radius 2 is 1.86 bits per heavy atom. The number of halogens is 2. The predicted molar refractivity (Wildman–Crippen MR) is 111 cm³/mol. The molecule has 1 amide bonds. The van der Waals surface area contributed by atoms with Gasteiger partial charge in [-0.05, 0) is 55.3 Å². The summed E-state index contributed by atoms with van der Waals surface area (Å²) in [5.41, 5.74) is 5.15. The first-order valence-corrected chi connectivity index (χ1v) is 9.26. The van der Waals surface area contributed by atoms with Crippen LogP contribution in [0, 0.1) is 13.8 Å². The Bertz CT molecular complexity index is 1010. The van der Waals surface area contributed by atoms with Crippen molar-refractivity contribution >= 4 is 35.3 Å². The second kappa shape index (κ2) is 8.95. The number of benzene rings is 2. The molecular formula is C21H18Cl2N2O3. The van der Waals surface area contributed by atoms with Crippen LogP contribution >= 0.6 is 23.2 Å². The van der Waals surface area contributed by atoms with Gasteiger partial charge in [-0.3, -0.25) is 4.79 Å². The van der Waals surface area contributed by atoms with Gasteiger partial charge in [-0.15, -0.1) is 0 Å². The fourth-order valence-corrected chi connectivity index (χ4v) is 2.89. The molecule has 0 fully saturated rings. The molecule has 1 N–H and O–H groups in total. The van der Waals surface area contributed by atoms with Crippen LogP contribution in [0.4, 0.5) is 0 Å². The van der Waals surface area contributed by atoms with Crippen molar-refractivity contribution in [1.29, 1.82) is 0 Å². The van der Waals surface area contributed by atoms with Crippen LogP contribution in [-0.4, -0.2) is 18.7 Å². The smallest absolute Gasteiger partial charge is 0.277 e. The van der Waals surface area contributed by atoms with Gasteiger partial charge >= 0.3 is 0 Å². The third kappa shape index (κ3) is 4.94. The molecular weight excluding hydrogens is 399 g/mol. The third-order valence-corrected chi connectivity index (χ3v) is 4.71. The first-order valence-electron chi connectivity index (χ1n) is 8.50. The molecule has 0 radical (unpaired) electrons. The molecule has 2 aromatic carbocycles. The number of hydrogen-bond donors (Lipinski definition) is 1. The molecule has 0 spiro atoms. The number of aryl methyl sites for hydroxylation is 2. The molecule has 0 aliphatic heterocycles. The summed E-state index contributed by atoms with van der Waals surface area (Å²) in [6.45, 7) is 3.73. The summed E-state index contributed by atoms with van der Waals surface area (Å²) >= 11 is 11.9. The van der Waals surface area contributed by atoms with E-state index in [2.05, 4.69) is 10.5 Å². The molecule has 0 aliphatic rings. The largest absolute Gasteiger partial charge is 0.483 e. The van der Waals surface area contributed by atoms with Crippen molar-refractivity contribution in [2.75, 3.05) is 6.61 Å². The van der Waals surface area contributed by atoms with E-state index in [0.717, 1.165) is 16.7 Å². The van der Waals surface area contributed by atoms with Gasteiger partial charge < -0.3 is 9.15 Å². The zero-order chi connectivity index (χ0) is 20.1. The van der Waals surface area contributed by atoms with Crippen molar-refractivity contribution in [2.45, 2.75) is 13.8 Å². The van der Waals surface area contributed by atoms with E-state index < -0.39 is 0 Å². The van der Waals surface area contributed by atoms with Crippen molar-refractivity contribution in [3.05, 3.63) is 75.5 Å². The SMILES string of the molecule is Cc1cccc(C)c1OCC(=O)N/N=C\c1ccc(-c2ccc(Cl)c(Cl)c2)o1. The van der Waals surface area contributed by atoms with E-state index in [1.165, 1.54) is 6.21 Å². The van der Waals surface area contributed by atoms with Crippen molar-refractivity contribution in [2.24, 2.45) is 5.10 Å². The number of carbonyl (C=O) groups is 1. The maximum absolute atomic E-state index is 11.9. The number of ether oxygens (including phenoxy) is 1. The van der Waals surface area contributed by atoms with Gasteiger partial charge in [-0.2, -0.15) is 5.10 Å². The summed E-state index contributed by atoms with van der Waals surface area (Å²) in [7, 11) is 0. The van der Waals surface area contributed by atoms with E-state index in [0.29, 0.717) is 27.3 Å². The average molecular weight is 417 g/mol. The lowest BCUT2D eigenvalue weighted by Crippen LogP contribution is -2.24. The Morgan fingerprint density at radius 1 is 1.11 bits per heavy atom. The highest BCUT2D eigenvalue weighted by atomic mass is 35.5. The van der Waals surface area contributed by atoms with Crippen LogP contribution in [0.25, 0.3) is 11.3 Å². The Hall–Kier alpha value is -2.76. The topological polar surface area (TPSA) is 63.8 Å². The average Bonchev–Trinajstić information content (AvgIpc) is 3.12. The molecule has 7 heteroatoms. The van der Waals surface area contributed by atoms with Gasteiger partial charge in [0.25, 0.3) is 5.91 Å². The normalized spacial score (nSPS) is 11.0. The Kier molecular flexibility index (Phi) is 6.39. The second-order valence-electron chi connectivity index (χ2n) is 6.13. The molecule has 28 heavy (non-hydrogen) atoms. The number of nitrogens with zero attached hydrogens (tertiary/aromatic N) is 1. The number of para-hydroxylation sites is 1. The third-order valence-electron chi connectivity index (χ3n) is 3.97. The fourth-order valence-electron chi connectivity index (χ4n) is 2.59. The van der Waals surface area contributed by atoms with E-state index >= 15 is 0 Å². The summed E-state index contributed by atoms with van der Waals surface area (Å²) in [5.74, 6) is 1.44. The quantitative estimate of drug-likeness (QED) is 0.432. The van der Waals surface area contributed by atoms with Crippen molar-refractivity contribution < 1.29 is 13.9 Å². The number of carbonyl (C=O) groups excluding carboxylic acids is 1. The maximum Gasteiger partial charge on any atom is 0.277 e. The van der Waals surface area contributed by atoms with E-state index in [-0.39, 0.29) is 12.5 Å². The standard InChI is InChI=1S/C21H18Cl2N2O3/c1-13-4-3-5-14(2)21(13)27-12-20(26)25-24-11-16-7-9-19(28-16)15-6-8-17(22)18(23)10-15/h3-11H,12H2,1-2H3,(H,25,26)/b24-11-. The molecule has 0 unspecified atom stereocenters. The Morgan fingerprint density at radius 3 is 2.57 bits per heavy atom. The number of rotatable bonds is 6. The highest BCUT2D eigenvalue weighted by Crippen LogP contribution is 2.29. The van der Waals surface area contributed by atoms with Crippen LogP contribution in [0.2, 0.25) is 10.0 Å². The first kappa shape index (κ1) is 20.0. The van der Waals surface area contributed by atoms with Crippen molar-refractivity contribution in [3.63, 3.8) is 0 Å². The van der Waals surface area contributed by atoms with Gasteiger partial charge in [0.05, 0.1) is 16.3 Å². The summed E-state index contributed by atoms with van der Waals surface area (Å²) in [6.07, 6.45) is 1.41. The molecule has 3 aromatic rings. The lowest BCUT2D eigenvalue weighted by atomic mass is 10.1. The van der Waals surface area contributed by atoms with E-state index in [1.54, 1.807) is 30.3 Å². The first-order chi connectivity index (χ1) is 13.4. The summed E-state index contributed by atoms with van der Waals surface area (Å²) in [4.78, 5) is 11.9. The van der Waals surface area contributed by atoms with Gasteiger partial charge in [-0.1, -0.05) is 41.4 Å². The number of furan rings is 1. The number of hydrazone groups is 1. The minimum absolute atomic E-state index is 0.129. The Labute approximate surface area is 172 Å². The lowest BCUT2D eigenvalue weighted by molar-refractivity contribution is -0.123. The van der Waals surface area contributed by atoms with Crippen molar-refractivity contribution in [3.8, 4) is 17.1 Å². The van der Waals surface area contributed by atoms with E-state index in [1.807, 2.05) is 32.0 Å². The van der Waals surface area contributed by atoms with Crippen LogP contribution in [-0.2, 0) is 4.79 Å². The van der Waals surface area contributed by atoms with Crippen LogP contribution in [0.5, 0.6) is 5.75 Å². The zero-order valence-corrected chi connectivity index (χ0v) is 16.8.